The highest BCUT2D eigenvalue weighted by Crippen LogP contribution is 2.22. The van der Waals surface area contributed by atoms with Gasteiger partial charge in [0.25, 0.3) is 0 Å². The minimum Gasteiger partial charge on any atom is -0.299 e. The van der Waals surface area contributed by atoms with Crippen LogP contribution in [0.25, 0.3) is 0 Å². The number of aryl methyl sites for hydroxylation is 2. The number of nitrogens with zero attached hydrogens (tertiary/aromatic N) is 2. The van der Waals surface area contributed by atoms with Gasteiger partial charge in [0.15, 0.2) is 0 Å². The second-order valence-electron chi connectivity index (χ2n) is 4.81. The van der Waals surface area contributed by atoms with Crippen LogP contribution in [0.1, 0.15) is 45.0 Å². The van der Waals surface area contributed by atoms with E-state index in [0.29, 0.717) is 24.5 Å². The zero-order valence-corrected chi connectivity index (χ0v) is 12.7. The lowest BCUT2D eigenvalue weighted by Gasteiger charge is -2.06. The molecule has 3 nitrogen and oxygen atoms in total. The van der Waals surface area contributed by atoms with Crippen molar-refractivity contribution in [3.05, 3.63) is 15.9 Å². The Bertz CT molecular complexity index is 396. The molecule has 0 amide bonds. The maximum absolute atomic E-state index is 11.9. The Balaban J connectivity index is 2.70. The minimum atomic E-state index is 0.300. The first-order valence-electron chi connectivity index (χ1n) is 6.19. The van der Waals surface area contributed by atoms with Gasteiger partial charge < -0.3 is 0 Å². The van der Waals surface area contributed by atoms with E-state index in [0.717, 1.165) is 28.8 Å². The molecule has 17 heavy (non-hydrogen) atoms. The average Bonchev–Trinajstić information content (AvgIpc) is 2.54. The average molecular weight is 301 g/mol. The van der Waals surface area contributed by atoms with Crippen LogP contribution in [-0.2, 0) is 17.8 Å². The Morgan fingerprint density at radius 1 is 1.47 bits per heavy atom. The summed E-state index contributed by atoms with van der Waals surface area (Å²) >= 11 is 3.51. The Labute approximate surface area is 112 Å². The molecule has 1 aromatic rings. The predicted molar refractivity (Wildman–Crippen MR) is 73.1 cm³/mol. The summed E-state index contributed by atoms with van der Waals surface area (Å²) < 4.78 is 2.89. The maximum Gasteiger partial charge on any atom is 0.138 e. The third-order valence-corrected chi connectivity index (χ3v) is 3.85. The lowest BCUT2D eigenvalue weighted by molar-refractivity contribution is -0.118. The molecule has 0 fully saturated rings. The molecule has 0 atom stereocenters. The first-order chi connectivity index (χ1) is 7.95. The highest BCUT2D eigenvalue weighted by Gasteiger charge is 2.15. The van der Waals surface area contributed by atoms with E-state index < -0.39 is 0 Å². The van der Waals surface area contributed by atoms with Gasteiger partial charge in [-0.2, -0.15) is 5.10 Å². The molecule has 0 aromatic carbocycles. The van der Waals surface area contributed by atoms with Crippen molar-refractivity contribution in [2.75, 3.05) is 0 Å². The third kappa shape index (κ3) is 3.95. The normalized spacial score (nSPS) is 11.2. The van der Waals surface area contributed by atoms with E-state index in [-0.39, 0.29) is 0 Å². The van der Waals surface area contributed by atoms with Crippen molar-refractivity contribution < 1.29 is 4.79 Å². The van der Waals surface area contributed by atoms with E-state index in [1.807, 2.05) is 18.5 Å². The smallest absolute Gasteiger partial charge is 0.138 e. The number of hydrogen-bond acceptors (Lipinski definition) is 2. The monoisotopic (exact) mass is 300 g/mol. The van der Waals surface area contributed by atoms with Crippen LogP contribution in [0.15, 0.2) is 4.47 Å². The van der Waals surface area contributed by atoms with E-state index in [2.05, 4.69) is 34.9 Å². The van der Waals surface area contributed by atoms with Gasteiger partial charge in [0.2, 0.25) is 0 Å². The SMILES string of the molecule is CCn1nc(C)c(Br)c1CC(=O)CCC(C)C. The minimum absolute atomic E-state index is 0.300. The predicted octanol–water partition coefficient (Wildman–Crippen LogP) is 3.52. The van der Waals surface area contributed by atoms with E-state index in [9.17, 15) is 4.79 Å². The summed E-state index contributed by atoms with van der Waals surface area (Å²) in [6, 6.07) is 0. The summed E-state index contributed by atoms with van der Waals surface area (Å²) in [4.78, 5) is 11.9. The Kier molecular flexibility index (Phi) is 5.37. The van der Waals surface area contributed by atoms with Crippen molar-refractivity contribution in [3.8, 4) is 0 Å². The number of rotatable bonds is 6. The molecule has 0 unspecified atom stereocenters. The zero-order chi connectivity index (χ0) is 13.0. The van der Waals surface area contributed by atoms with Crippen molar-refractivity contribution >= 4 is 21.7 Å². The fraction of sp³-hybridized carbons (Fsp3) is 0.692. The molecule has 0 radical (unpaired) electrons. The molecule has 0 bridgehead atoms. The highest BCUT2D eigenvalue weighted by molar-refractivity contribution is 9.10. The summed E-state index contributed by atoms with van der Waals surface area (Å²) in [7, 11) is 0. The number of ketones is 1. The standard InChI is InChI=1S/C13H21BrN2O/c1-5-16-12(13(14)10(4)15-16)8-11(17)7-6-9(2)3/h9H,5-8H2,1-4H3. The Morgan fingerprint density at radius 3 is 2.65 bits per heavy atom. The lowest BCUT2D eigenvalue weighted by Crippen LogP contribution is -2.10. The highest BCUT2D eigenvalue weighted by atomic mass is 79.9. The van der Waals surface area contributed by atoms with Gasteiger partial charge in [0.1, 0.15) is 5.78 Å². The molecular weight excluding hydrogens is 280 g/mol. The maximum atomic E-state index is 11.9. The van der Waals surface area contributed by atoms with Crippen molar-refractivity contribution in [1.82, 2.24) is 9.78 Å². The summed E-state index contributed by atoms with van der Waals surface area (Å²) in [5.74, 6) is 0.884. The summed E-state index contributed by atoms with van der Waals surface area (Å²) in [5, 5.41) is 4.39. The molecule has 0 N–H and O–H groups in total. The number of hydrogen-bond donors (Lipinski definition) is 0. The molecule has 0 saturated heterocycles. The molecule has 1 heterocycles. The number of aromatic nitrogens is 2. The summed E-state index contributed by atoms with van der Waals surface area (Å²) in [6.45, 7) is 9.09. The molecule has 1 rings (SSSR count). The first kappa shape index (κ1) is 14.4. The molecule has 4 heteroatoms. The van der Waals surface area contributed by atoms with Gasteiger partial charge >= 0.3 is 0 Å². The van der Waals surface area contributed by atoms with Crippen LogP contribution in [0.4, 0.5) is 0 Å². The zero-order valence-electron chi connectivity index (χ0n) is 11.1. The number of Topliss-reactive ketones (excluding diaryl/α,β-unsaturated/α-hetero) is 1. The molecule has 0 saturated carbocycles. The van der Waals surface area contributed by atoms with Gasteiger partial charge in [-0.25, -0.2) is 0 Å². The number of carbonyl (C=O) groups excluding carboxylic acids is 1. The molecule has 0 aliphatic rings. The second kappa shape index (κ2) is 6.34. The molecule has 1 aromatic heterocycles. The number of carbonyl (C=O) groups is 1. The molecule has 0 aliphatic heterocycles. The van der Waals surface area contributed by atoms with Crippen LogP contribution < -0.4 is 0 Å². The van der Waals surface area contributed by atoms with Gasteiger partial charge in [-0.1, -0.05) is 13.8 Å². The number of halogens is 1. The van der Waals surface area contributed by atoms with E-state index in [4.69, 9.17) is 0 Å². The van der Waals surface area contributed by atoms with Crippen LogP contribution in [0.2, 0.25) is 0 Å². The van der Waals surface area contributed by atoms with Crippen molar-refractivity contribution in [2.24, 2.45) is 5.92 Å². The fourth-order valence-electron chi connectivity index (χ4n) is 1.76. The van der Waals surface area contributed by atoms with Crippen molar-refractivity contribution in [3.63, 3.8) is 0 Å². The van der Waals surface area contributed by atoms with Crippen molar-refractivity contribution in [1.29, 1.82) is 0 Å². The fourth-order valence-corrected chi connectivity index (χ4v) is 2.19. The van der Waals surface area contributed by atoms with E-state index in [1.54, 1.807) is 0 Å². The molecule has 0 aliphatic carbocycles. The first-order valence-corrected chi connectivity index (χ1v) is 6.98. The molecule has 0 spiro atoms. The van der Waals surface area contributed by atoms with Gasteiger partial charge in [-0.3, -0.25) is 9.48 Å². The summed E-state index contributed by atoms with van der Waals surface area (Å²) in [6.07, 6.45) is 2.12. The largest absolute Gasteiger partial charge is 0.299 e. The Hall–Kier alpha value is -0.640. The third-order valence-electron chi connectivity index (χ3n) is 2.82. The Morgan fingerprint density at radius 2 is 2.12 bits per heavy atom. The van der Waals surface area contributed by atoms with Crippen molar-refractivity contribution in [2.45, 2.75) is 53.5 Å². The van der Waals surface area contributed by atoms with Crippen LogP contribution in [-0.4, -0.2) is 15.6 Å². The second-order valence-corrected chi connectivity index (χ2v) is 5.60. The van der Waals surface area contributed by atoms with E-state index >= 15 is 0 Å². The van der Waals surface area contributed by atoms with Gasteiger partial charge in [0.05, 0.1) is 15.9 Å². The van der Waals surface area contributed by atoms with Crippen LogP contribution in [0, 0.1) is 12.8 Å². The van der Waals surface area contributed by atoms with Crippen LogP contribution >= 0.6 is 15.9 Å². The van der Waals surface area contributed by atoms with Crippen LogP contribution in [0.3, 0.4) is 0 Å². The lowest BCUT2D eigenvalue weighted by atomic mass is 10.0. The van der Waals surface area contributed by atoms with Gasteiger partial charge in [-0.05, 0) is 42.1 Å². The van der Waals surface area contributed by atoms with Gasteiger partial charge in [-0.15, -0.1) is 0 Å². The molecular formula is C13H21BrN2O. The molecule has 96 valence electrons. The van der Waals surface area contributed by atoms with Gasteiger partial charge in [0, 0.05) is 19.4 Å². The summed E-state index contributed by atoms with van der Waals surface area (Å²) in [5.41, 5.74) is 1.97. The van der Waals surface area contributed by atoms with Crippen LogP contribution in [0.5, 0.6) is 0 Å². The topological polar surface area (TPSA) is 34.9 Å². The quantitative estimate of drug-likeness (QED) is 0.805. The van der Waals surface area contributed by atoms with E-state index in [1.165, 1.54) is 0 Å².